The van der Waals surface area contributed by atoms with Crippen molar-refractivity contribution < 1.29 is 19.1 Å². The number of benzene rings is 1. The van der Waals surface area contributed by atoms with Crippen molar-refractivity contribution in [2.24, 2.45) is 5.92 Å². The normalized spacial score (nSPS) is 20.5. The molecule has 2 atom stereocenters. The Balaban J connectivity index is 1.68. The van der Waals surface area contributed by atoms with E-state index in [2.05, 4.69) is 5.32 Å². The van der Waals surface area contributed by atoms with Crippen molar-refractivity contribution in [3.8, 4) is 0 Å². The van der Waals surface area contributed by atoms with E-state index < -0.39 is 6.09 Å². The fourth-order valence-electron chi connectivity index (χ4n) is 1.78. The van der Waals surface area contributed by atoms with Crippen LogP contribution < -0.4 is 5.32 Å². The zero-order valence-corrected chi connectivity index (χ0v) is 10.8. The van der Waals surface area contributed by atoms with Gasteiger partial charge in [0.15, 0.2) is 0 Å². The first-order chi connectivity index (χ1) is 9.20. The van der Waals surface area contributed by atoms with Crippen molar-refractivity contribution in [3.63, 3.8) is 0 Å². The maximum absolute atomic E-state index is 11.5. The highest BCUT2D eigenvalue weighted by Gasteiger charge is 2.45. The van der Waals surface area contributed by atoms with E-state index in [4.69, 9.17) is 9.47 Å². The van der Waals surface area contributed by atoms with Crippen LogP contribution in [0.5, 0.6) is 0 Å². The summed E-state index contributed by atoms with van der Waals surface area (Å²) in [6, 6.07) is 9.28. The Morgan fingerprint density at radius 2 is 2.00 bits per heavy atom. The van der Waals surface area contributed by atoms with Gasteiger partial charge in [0.2, 0.25) is 0 Å². The maximum Gasteiger partial charge on any atom is 0.407 e. The third kappa shape index (κ3) is 3.98. The fraction of sp³-hybridized carbons (Fsp3) is 0.429. The van der Waals surface area contributed by atoms with Crippen LogP contribution in [0.15, 0.2) is 30.3 Å². The van der Waals surface area contributed by atoms with Crippen LogP contribution in [-0.2, 0) is 20.9 Å². The van der Waals surface area contributed by atoms with Gasteiger partial charge in [0, 0.05) is 6.04 Å². The smallest absolute Gasteiger partial charge is 0.407 e. The molecule has 5 heteroatoms. The highest BCUT2D eigenvalue weighted by molar-refractivity contribution is 5.78. The van der Waals surface area contributed by atoms with Crippen molar-refractivity contribution in [3.05, 3.63) is 35.9 Å². The number of rotatable bonds is 5. The summed E-state index contributed by atoms with van der Waals surface area (Å²) in [5, 5.41) is 2.65. The molecule has 0 aliphatic heterocycles. The molecule has 19 heavy (non-hydrogen) atoms. The molecule has 2 rings (SSSR count). The van der Waals surface area contributed by atoms with E-state index in [1.54, 1.807) is 6.92 Å². The van der Waals surface area contributed by atoms with Gasteiger partial charge in [-0.05, 0) is 18.9 Å². The first-order valence-corrected chi connectivity index (χ1v) is 6.34. The van der Waals surface area contributed by atoms with Gasteiger partial charge in [-0.1, -0.05) is 30.3 Å². The molecule has 0 radical (unpaired) electrons. The predicted octanol–water partition coefficient (Wildman–Crippen LogP) is 1.86. The first kappa shape index (κ1) is 13.4. The molecule has 0 bridgehead atoms. The Kier molecular flexibility index (Phi) is 4.39. The molecule has 1 N–H and O–H groups in total. The van der Waals surface area contributed by atoms with E-state index in [0.717, 1.165) is 5.56 Å². The second-order valence-corrected chi connectivity index (χ2v) is 4.41. The summed E-state index contributed by atoms with van der Waals surface area (Å²) in [6.07, 6.45) is 0.125. The summed E-state index contributed by atoms with van der Waals surface area (Å²) >= 11 is 0. The molecule has 1 aliphatic rings. The van der Waals surface area contributed by atoms with E-state index in [1.165, 1.54) is 0 Å². The topological polar surface area (TPSA) is 64.6 Å². The number of carbonyl (C=O) groups excluding carboxylic acids is 2. The Morgan fingerprint density at radius 1 is 1.26 bits per heavy atom. The van der Waals surface area contributed by atoms with E-state index >= 15 is 0 Å². The zero-order valence-electron chi connectivity index (χ0n) is 10.8. The summed E-state index contributed by atoms with van der Waals surface area (Å²) in [5.74, 6) is -0.472. The molecule has 1 aliphatic carbocycles. The van der Waals surface area contributed by atoms with Gasteiger partial charge in [0.25, 0.3) is 0 Å². The molecule has 1 unspecified atom stereocenters. The number of esters is 1. The van der Waals surface area contributed by atoms with Gasteiger partial charge in [0.1, 0.15) is 6.61 Å². The van der Waals surface area contributed by atoms with E-state index in [0.29, 0.717) is 13.0 Å². The highest BCUT2D eigenvalue weighted by Crippen LogP contribution is 2.31. The average Bonchev–Trinajstić information content (AvgIpc) is 3.17. The van der Waals surface area contributed by atoms with Crippen molar-refractivity contribution in [1.82, 2.24) is 5.32 Å². The minimum absolute atomic E-state index is 0.151. The van der Waals surface area contributed by atoms with Crippen LogP contribution in [0, 0.1) is 5.92 Å². The summed E-state index contributed by atoms with van der Waals surface area (Å²) in [6.45, 7) is 2.35. The van der Waals surface area contributed by atoms with Crippen LogP contribution >= 0.6 is 0 Å². The minimum Gasteiger partial charge on any atom is -0.466 e. The number of amides is 1. The summed E-state index contributed by atoms with van der Waals surface area (Å²) in [7, 11) is 0. The molecule has 1 aromatic carbocycles. The zero-order chi connectivity index (χ0) is 13.7. The van der Waals surface area contributed by atoms with Gasteiger partial charge in [-0.15, -0.1) is 0 Å². The van der Waals surface area contributed by atoms with E-state index in [9.17, 15) is 9.59 Å². The predicted molar refractivity (Wildman–Crippen MR) is 68.3 cm³/mol. The molecule has 1 fully saturated rings. The molecule has 0 heterocycles. The molecule has 1 saturated carbocycles. The summed E-state index contributed by atoms with van der Waals surface area (Å²) in [4.78, 5) is 22.9. The standard InChI is InChI=1S/C14H17NO4/c1-2-18-13(16)11-8-12(11)15-14(17)19-9-10-6-4-3-5-7-10/h3-7,11-12H,2,8-9H2,1H3,(H,15,17)/t11-,12?/m0/s1. The van der Waals surface area contributed by atoms with Gasteiger partial charge in [-0.2, -0.15) is 0 Å². The van der Waals surface area contributed by atoms with Crippen molar-refractivity contribution in [2.45, 2.75) is 26.0 Å². The lowest BCUT2D eigenvalue weighted by atomic mass is 10.2. The Bertz CT molecular complexity index is 446. The lowest BCUT2D eigenvalue weighted by Crippen LogP contribution is -2.29. The molecule has 102 valence electrons. The number of nitrogens with one attached hydrogen (secondary N) is 1. The average molecular weight is 263 g/mol. The first-order valence-electron chi connectivity index (χ1n) is 6.34. The Morgan fingerprint density at radius 3 is 2.68 bits per heavy atom. The van der Waals surface area contributed by atoms with Crippen LogP contribution in [0.2, 0.25) is 0 Å². The van der Waals surface area contributed by atoms with E-state index in [1.807, 2.05) is 30.3 Å². The van der Waals surface area contributed by atoms with Gasteiger partial charge in [-0.3, -0.25) is 4.79 Å². The van der Waals surface area contributed by atoms with E-state index in [-0.39, 0.29) is 24.5 Å². The summed E-state index contributed by atoms with van der Waals surface area (Å²) < 4.78 is 9.94. The number of ether oxygens (including phenoxy) is 2. The molecule has 0 saturated heterocycles. The van der Waals surface area contributed by atoms with Gasteiger partial charge < -0.3 is 14.8 Å². The number of hydrogen-bond donors (Lipinski definition) is 1. The second-order valence-electron chi connectivity index (χ2n) is 4.41. The molecule has 5 nitrogen and oxygen atoms in total. The number of hydrogen-bond acceptors (Lipinski definition) is 4. The lowest BCUT2D eigenvalue weighted by Gasteiger charge is -2.06. The molecule has 1 amide bonds. The fourth-order valence-corrected chi connectivity index (χ4v) is 1.78. The van der Waals surface area contributed by atoms with Gasteiger partial charge in [-0.25, -0.2) is 4.79 Å². The van der Waals surface area contributed by atoms with Gasteiger partial charge >= 0.3 is 12.1 Å². The largest absolute Gasteiger partial charge is 0.466 e. The minimum atomic E-state index is -0.499. The van der Waals surface area contributed by atoms with Crippen molar-refractivity contribution in [2.75, 3.05) is 6.61 Å². The maximum atomic E-state index is 11.5. The molecular formula is C14H17NO4. The van der Waals surface area contributed by atoms with Crippen LogP contribution in [-0.4, -0.2) is 24.7 Å². The lowest BCUT2D eigenvalue weighted by molar-refractivity contribution is -0.144. The van der Waals surface area contributed by atoms with Crippen LogP contribution in [0.4, 0.5) is 4.79 Å². The van der Waals surface area contributed by atoms with Gasteiger partial charge in [0.05, 0.1) is 12.5 Å². The molecule has 1 aromatic rings. The third-order valence-electron chi connectivity index (χ3n) is 2.90. The van der Waals surface area contributed by atoms with Crippen LogP contribution in [0.3, 0.4) is 0 Å². The molecule has 0 spiro atoms. The monoisotopic (exact) mass is 263 g/mol. The second kappa shape index (κ2) is 6.22. The van der Waals surface area contributed by atoms with Crippen molar-refractivity contribution >= 4 is 12.1 Å². The quantitative estimate of drug-likeness (QED) is 0.824. The van der Waals surface area contributed by atoms with Crippen LogP contribution in [0.25, 0.3) is 0 Å². The van der Waals surface area contributed by atoms with Crippen LogP contribution in [0.1, 0.15) is 18.9 Å². The van der Waals surface area contributed by atoms with Crippen molar-refractivity contribution in [1.29, 1.82) is 0 Å². The molecule has 0 aromatic heterocycles. The summed E-state index contributed by atoms with van der Waals surface area (Å²) in [5.41, 5.74) is 0.926. The third-order valence-corrected chi connectivity index (χ3v) is 2.90. The molecular weight excluding hydrogens is 246 g/mol. The Hall–Kier alpha value is -2.04. The number of carbonyl (C=O) groups is 2. The SMILES string of the molecule is CCOC(=O)[C@H]1CC1NC(=O)OCc1ccccc1. The Labute approximate surface area is 111 Å². The highest BCUT2D eigenvalue weighted by atomic mass is 16.5. The number of alkyl carbamates (subject to hydrolysis) is 1.